The number of hydrogen-bond acceptors (Lipinski definition) is 5. The summed E-state index contributed by atoms with van der Waals surface area (Å²) in [6.07, 6.45) is 11.8. The number of rotatable bonds is 6. The van der Waals surface area contributed by atoms with Crippen LogP contribution in [0, 0.1) is 5.92 Å². The molecule has 0 amide bonds. The van der Waals surface area contributed by atoms with E-state index in [-0.39, 0.29) is 17.5 Å². The molecule has 1 saturated carbocycles. The second kappa shape index (κ2) is 8.86. The van der Waals surface area contributed by atoms with Crippen molar-refractivity contribution in [3.8, 4) is 0 Å². The fourth-order valence-electron chi connectivity index (χ4n) is 4.36. The van der Waals surface area contributed by atoms with Crippen molar-refractivity contribution in [3.63, 3.8) is 0 Å². The number of nitrogens with zero attached hydrogens (tertiary/aromatic N) is 1. The van der Waals surface area contributed by atoms with E-state index in [1.165, 1.54) is 32.1 Å². The summed E-state index contributed by atoms with van der Waals surface area (Å²) in [6.45, 7) is 4.39. The van der Waals surface area contributed by atoms with Gasteiger partial charge in [0.25, 0.3) is 0 Å². The molecular weight excluding hydrogens is 378 g/mol. The van der Waals surface area contributed by atoms with E-state index in [2.05, 4.69) is 15.3 Å². The Morgan fingerprint density at radius 2 is 2.13 bits per heavy atom. The van der Waals surface area contributed by atoms with E-state index in [0.29, 0.717) is 23.6 Å². The van der Waals surface area contributed by atoms with Gasteiger partial charge in [-0.25, -0.2) is 9.78 Å². The number of aromatic nitrogens is 2. The lowest BCUT2D eigenvalue weighted by atomic mass is 9.89. The van der Waals surface area contributed by atoms with E-state index < -0.39 is 5.97 Å². The van der Waals surface area contributed by atoms with E-state index in [1.807, 2.05) is 24.4 Å². The third-order valence-corrected chi connectivity index (χ3v) is 5.88. The third-order valence-electron chi connectivity index (χ3n) is 5.88. The van der Waals surface area contributed by atoms with Gasteiger partial charge in [-0.15, -0.1) is 0 Å². The number of pyridine rings is 1. The number of H-pyrrole nitrogens is 1. The van der Waals surface area contributed by atoms with Gasteiger partial charge in [-0.2, -0.15) is 0 Å². The van der Waals surface area contributed by atoms with Gasteiger partial charge in [-0.05, 0) is 50.8 Å². The summed E-state index contributed by atoms with van der Waals surface area (Å²) in [5, 5.41) is 4.38. The summed E-state index contributed by atoms with van der Waals surface area (Å²) in [7, 11) is 0. The first-order valence-corrected chi connectivity index (χ1v) is 10.9. The van der Waals surface area contributed by atoms with E-state index in [0.717, 1.165) is 23.1 Å². The maximum Gasteiger partial charge on any atom is 0.344 e. The molecule has 0 unspecified atom stereocenters. The van der Waals surface area contributed by atoms with E-state index in [9.17, 15) is 9.59 Å². The average molecular weight is 408 g/mol. The number of Topliss-reactive ketones (excluding diaryl/α,β-unsaturated/α-hetero) is 1. The molecule has 0 spiro atoms. The summed E-state index contributed by atoms with van der Waals surface area (Å²) in [4.78, 5) is 33.3. The van der Waals surface area contributed by atoms with Crippen LogP contribution in [0.2, 0.25) is 0 Å². The molecule has 0 radical (unpaired) electrons. The van der Waals surface area contributed by atoms with E-state index >= 15 is 0 Å². The van der Waals surface area contributed by atoms with Crippen molar-refractivity contribution >= 4 is 28.9 Å². The molecule has 6 nitrogen and oxygen atoms in total. The standard InChI is InChI=1S/C24H29N3O3/c1-15(2)30-24(29)21-20(26-13-16-7-4-3-5-8-16)12-17(22(21)28)11-18-14-27-23-19(18)9-6-10-25-23/h6,9-11,14-16,26H,3-5,7-8,12-13H2,1-2H3,(H,25,27)/b17-11+. The molecule has 4 rings (SSSR count). The van der Waals surface area contributed by atoms with Crippen LogP contribution in [-0.4, -0.2) is 34.4 Å². The molecule has 0 aromatic carbocycles. The maximum atomic E-state index is 13.2. The SMILES string of the molecule is CC(C)OC(=O)C1=C(NCC2CCCCC2)C/C(=C\c2c[nH]c3ncccc23)C1=O. The van der Waals surface area contributed by atoms with Crippen LogP contribution in [0.3, 0.4) is 0 Å². The molecule has 2 N–H and O–H groups in total. The van der Waals surface area contributed by atoms with Crippen molar-refractivity contribution in [1.29, 1.82) is 0 Å². The third kappa shape index (κ3) is 4.32. The lowest BCUT2D eigenvalue weighted by Crippen LogP contribution is -2.26. The Hall–Kier alpha value is -2.89. The molecule has 2 aliphatic rings. The molecule has 30 heavy (non-hydrogen) atoms. The van der Waals surface area contributed by atoms with Gasteiger partial charge in [0.1, 0.15) is 11.2 Å². The molecule has 2 aliphatic carbocycles. The molecule has 0 atom stereocenters. The van der Waals surface area contributed by atoms with Crippen molar-refractivity contribution in [2.45, 2.75) is 58.5 Å². The molecule has 158 valence electrons. The van der Waals surface area contributed by atoms with Gasteiger partial charge in [-0.1, -0.05) is 19.3 Å². The Morgan fingerprint density at radius 1 is 1.33 bits per heavy atom. The van der Waals surface area contributed by atoms with Crippen molar-refractivity contribution in [2.24, 2.45) is 5.92 Å². The van der Waals surface area contributed by atoms with Crippen LogP contribution >= 0.6 is 0 Å². The molecule has 0 bridgehead atoms. The van der Waals surface area contributed by atoms with Crippen LogP contribution in [0.15, 0.2) is 41.4 Å². The van der Waals surface area contributed by atoms with E-state index in [1.54, 1.807) is 20.0 Å². The summed E-state index contributed by atoms with van der Waals surface area (Å²) in [6, 6.07) is 3.84. The first kappa shape index (κ1) is 20.4. The second-order valence-corrected chi connectivity index (χ2v) is 8.51. The fraction of sp³-hybridized carbons (Fsp3) is 0.458. The Balaban J connectivity index is 1.59. The highest BCUT2D eigenvalue weighted by molar-refractivity contribution is 6.28. The quantitative estimate of drug-likeness (QED) is 0.424. The number of hydrogen-bond donors (Lipinski definition) is 2. The predicted molar refractivity (Wildman–Crippen MR) is 117 cm³/mol. The zero-order valence-corrected chi connectivity index (χ0v) is 17.7. The number of nitrogens with one attached hydrogen (secondary N) is 2. The fourth-order valence-corrected chi connectivity index (χ4v) is 4.36. The number of esters is 1. The molecule has 2 aromatic heterocycles. The van der Waals surface area contributed by atoms with Crippen LogP contribution in [0.4, 0.5) is 0 Å². The van der Waals surface area contributed by atoms with Gasteiger partial charge in [0, 0.05) is 47.6 Å². The first-order chi connectivity index (χ1) is 14.5. The minimum absolute atomic E-state index is 0.156. The smallest absolute Gasteiger partial charge is 0.344 e. The molecule has 1 fully saturated rings. The molecule has 2 heterocycles. The average Bonchev–Trinajstić information content (AvgIpc) is 3.28. The Morgan fingerprint density at radius 3 is 2.90 bits per heavy atom. The number of ether oxygens (including phenoxy) is 1. The molecule has 6 heteroatoms. The lowest BCUT2D eigenvalue weighted by molar-refractivity contribution is -0.143. The van der Waals surface area contributed by atoms with Crippen LogP contribution < -0.4 is 5.32 Å². The highest BCUT2D eigenvalue weighted by atomic mass is 16.5. The van der Waals surface area contributed by atoms with Gasteiger partial charge in [0.05, 0.1) is 6.10 Å². The number of carbonyl (C=O) groups is 2. The monoisotopic (exact) mass is 407 g/mol. The highest BCUT2D eigenvalue weighted by Crippen LogP contribution is 2.31. The normalized spacial score (nSPS) is 19.3. The van der Waals surface area contributed by atoms with Crippen LogP contribution in [0.1, 0.15) is 57.9 Å². The van der Waals surface area contributed by atoms with Crippen molar-refractivity contribution < 1.29 is 14.3 Å². The van der Waals surface area contributed by atoms with Crippen LogP contribution in [-0.2, 0) is 14.3 Å². The number of carbonyl (C=O) groups excluding carboxylic acids is 2. The Kier molecular flexibility index (Phi) is 6.02. The minimum Gasteiger partial charge on any atom is -0.459 e. The highest BCUT2D eigenvalue weighted by Gasteiger charge is 2.34. The van der Waals surface area contributed by atoms with Gasteiger partial charge >= 0.3 is 5.97 Å². The zero-order valence-electron chi connectivity index (χ0n) is 17.7. The summed E-state index contributed by atoms with van der Waals surface area (Å²) in [5.41, 5.74) is 3.12. The number of ketones is 1. The molecular formula is C24H29N3O3. The van der Waals surface area contributed by atoms with Crippen molar-refractivity contribution in [1.82, 2.24) is 15.3 Å². The van der Waals surface area contributed by atoms with Crippen LogP contribution in [0.25, 0.3) is 17.1 Å². The summed E-state index contributed by atoms with van der Waals surface area (Å²) < 4.78 is 5.38. The summed E-state index contributed by atoms with van der Waals surface area (Å²) >= 11 is 0. The zero-order chi connectivity index (χ0) is 21.1. The number of allylic oxidation sites excluding steroid dienone is 1. The number of aromatic amines is 1. The lowest BCUT2D eigenvalue weighted by Gasteiger charge is -2.22. The van der Waals surface area contributed by atoms with Gasteiger partial charge in [-0.3, -0.25) is 4.79 Å². The van der Waals surface area contributed by atoms with Crippen molar-refractivity contribution in [3.05, 3.63) is 46.9 Å². The van der Waals surface area contributed by atoms with Crippen molar-refractivity contribution in [2.75, 3.05) is 6.54 Å². The first-order valence-electron chi connectivity index (χ1n) is 10.9. The largest absolute Gasteiger partial charge is 0.459 e. The molecule has 0 saturated heterocycles. The molecule has 0 aliphatic heterocycles. The summed E-state index contributed by atoms with van der Waals surface area (Å²) in [5.74, 6) is -0.188. The topological polar surface area (TPSA) is 84.1 Å². The second-order valence-electron chi connectivity index (χ2n) is 8.51. The van der Waals surface area contributed by atoms with E-state index in [4.69, 9.17) is 4.74 Å². The molecule has 2 aromatic rings. The minimum atomic E-state index is -0.537. The maximum absolute atomic E-state index is 13.2. The Bertz CT molecular complexity index is 1010. The van der Waals surface area contributed by atoms with Gasteiger partial charge in [0.15, 0.2) is 5.78 Å². The van der Waals surface area contributed by atoms with Crippen LogP contribution in [0.5, 0.6) is 0 Å². The van der Waals surface area contributed by atoms with Gasteiger partial charge < -0.3 is 15.0 Å². The predicted octanol–water partition coefficient (Wildman–Crippen LogP) is 4.29. The Labute approximate surface area is 176 Å². The number of fused-ring (bicyclic) bond motifs is 1. The van der Waals surface area contributed by atoms with Gasteiger partial charge in [0.2, 0.25) is 0 Å².